The lowest BCUT2D eigenvalue weighted by molar-refractivity contribution is -0.114. The molecule has 90 valence electrons. The molecule has 2 nitrogen and oxygen atoms in total. The molecule has 0 heterocycles. The molecule has 0 atom stereocenters. The van der Waals surface area contributed by atoms with Gasteiger partial charge >= 0.3 is 0 Å². The van der Waals surface area contributed by atoms with E-state index in [1.54, 1.807) is 6.08 Å². The van der Waals surface area contributed by atoms with E-state index < -0.39 is 0 Å². The summed E-state index contributed by atoms with van der Waals surface area (Å²) >= 11 is 0. The van der Waals surface area contributed by atoms with Crippen LogP contribution in [0.15, 0.2) is 30.3 Å². The zero-order valence-corrected chi connectivity index (χ0v) is 10.4. The van der Waals surface area contributed by atoms with Gasteiger partial charge in [0.15, 0.2) is 5.78 Å². The third-order valence-corrected chi connectivity index (χ3v) is 2.80. The molecule has 0 fully saturated rings. The molecule has 2 heteroatoms. The second-order valence-corrected chi connectivity index (χ2v) is 4.68. The van der Waals surface area contributed by atoms with Crippen molar-refractivity contribution >= 4 is 11.4 Å². The Morgan fingerprint density at radius 1 is 1.12 bits per heavy atom. The Bertz CT molecular complexity index is 427. The second-order valence-electron chi connectivity index (χ2n) is 4.68. The third-order valence-electron chi connectivity index (χ3n) is 2.80. The lowest BCUT2D eigenvalue weighted by atomic mass is 9.93. The van der Waals surface area contributed by atoms with Crippen molar-refractivity contribution in [3.8, 4) is 5.75 Å². The lowest BCUT2D eigenvalue weighted by Crippen LogP contribution is -2.05. The van der Waals surface area contributed by atoms with Crippen molar-refractivity contribution in [3.63, 3.8) is 0 Å². The van der Waals surface area contributed by atoms with Crippen LogP contribution in [-0.2, 0) is 4.79 Å². The molecule has 0 saturated carbocycles. The van der Waals surface area contributed by atoms with Crippen LogP contribution in [-0.4, -0.2) is 11.9 Å². The maximum absolute atomic E-state index is 11.4. The van der Waals surface area contributed by atoms with E-state index in [4.69, 9.17) is 4.74 Å². The molecule has 17 heavy (non-hydrogen) atoms. The van der Waals surface area contributed by atoms with Gasteiger partial charge in [0.1, 0.15) is 5.75 Å². The normalized spacial score (nSPS) is 15.9. The van der Waals surface area contributed by atoms with Crippen molar-refractivity contribution in [3.05, 3.63) is 35.9 Å². The molecule has 0 aliphatic heterocycles. The quantitative estimate of drug-likeness (QED) is 0.793. The van der Waals surface area contributed by atoms with Crippen molar-refractivity contribution in [1.29, 1.82) is 0 Å². The first-order chi connectivity index (χ1) is 8.15. The number of ether oxygens (including phenoxy) is 1. The standard InChI is InChI=1S/C15H18O2/c1-11(2)17-15-8-6-12(7-9-15)13-4-3-5-14(16)10-13/h6-11H,3-5H2,1-2H3. The highest BCUT2D eigenvalue weighted by atomic mass is 16.5. The monoisotopic (exact) mass is 230 g/mol. The molecular formula is C15H18O2. The minimum atomic E-state index is 0.191. The molecule has 0 radical (unpaired) electrons. The van der Waals surface area contributed by atoms with E-state index in [2.05, 4.69) is 0 Å². The lowest BCUT2D eigenvalue weighted by Gasteiger charge is -2.14. The first kappa shape index (κ1) is 11.9. The summed E-state index contributed by atoms with van der Waals surface area (Å²) in [5.41, 5.74) is 2.28. The van der Waals surface area contributed by atoms with Crippen molar-refractivity contribution in [2.24, 2.45) is 0 Å². The Labute approximate surface area is 102 Å². The van der Waals surface area contributed by atoms with Gasteiger partial charge in [-0.1, -0.05) is 12.1 Å². The van der Waals surface area contributed by atoms with E-state index in [0.29, 0.717) is 6.42 Å². The van der Waals surface area contributed by atoms with Crippen molar-refractivity contribution < 1.29 is 9.53 Å². The molecule has 0 amide bonds. The molecule has 0 spiro atoms. The number of carbonyl (C=O) groups excluding carboxylic acids is 1. The number of allylic oxidation sites excluding steroid dienone is 2. The molecule has 0 saturated heterocycles. The van der Waals surface area contributed by atoms with Crippen molar-refractivity contribution in [2.45, 2.75) is 39.2 Å². The van der Waals surface area contributed by atoms with Crippen LogP contribution < -0.4 is 4.74 Å². The predicted molar refractivity (Wildman–Crippen MR) is 69.0 cm³/mol. The van der Waals surface area contributed by atoms with Gasteiger partial charge in [0.25, 0.3) is 0 Å². The van der Waals surface area contributed by atoms with Gasteiger partial charge in [0, 0.05) is 6.42 Å². The molecule has 0 N–H and O–H groups in total. The first-order valence-electron chi connectivity index (χ1n) is 6.15. The van der Waals surface area contributed by atoms with Crippen LogP contribution in [0.2, 0.25) is 0 Å². The Morgan fingerprint density at radius 3 is 2.41 bits per heavy atom. The smallest absolute Gasteiger partial charge is 0.155 e. The largest absolute Gasteiger partial charge is 0.491 e. The summed E-state index contributed by atoms with van der Waals surface area (Å²) in [5.74, 6) is 1.13. The SMILES string of the molecule is CC(C)Oc1ccc(C2=CC(=O)CCC2)cc1. The zero-order valence-electron chi connectivity index (χ0n) is 10.4. The van der Waals surface area contributed by atoms with Gasteiger partial charge in [-0.15, -0.1) is 0 Å². The molecule has 1 aliphatic rings. The summed E-state index contributed by atoms with van der Waals surface area (Å²) in [4.78, 5) is 11.4. The number of rotatable bonds is 3. The van der Waals surface area contributed by atoms with Gasteiger partial charge in [-0.3, -0.25) is 4.79 Å². The third kappa shape index (κ3) is 3.19. The molecule has 0 unspecified atom stereocenters. The Morgan fingerprint density at radius 2 is 1.82 bits per heavy atom. The number of carbonyl (C=O) groups is 1. The van der Waals surface area contributed by atoms with Crippen LogP contribution in [0.4, 0.5) is 0 Å². The Kier molecular flexibility index (Phi) is 3.62. The van der Waals surface area contributed by atoms with Gasteiger partial charge in [0.2, 0.25) is 0 Å². The summed E-state index contributed by atoms with van der Waals surface area (Å²) in [6.07, 6.45) is 4.63. The van der Waals surface area contributed by atoms with Gasteiger partial charge in [-0.25, -0.2) is 0 Å². The molecule has 1 aliphatic carbocycles. The van der Waals surface area contributed by atoms with E-state index in [1.807, 2.05) is 38.1 Å². The maximum Gasteiger partial charge on any atom is 0.155 e. The average molecular weight is 230 g/mol. The van der Waals surface area contributed by atoms with Gasteiger partial charge in [-0.2, -0.15) is 0 Å². The Balaban J connectivity index is 2.15. The van der Waals surface area contributed by atoms with E-state index in [0.717, 1.165) is 29.7 Å². The predicted octanol–water partition coefficient (Wildman–Crippen LogP) is 3.61. The Hall–Kier alpha value is -1.57. The number of benzene rings is 1. The van der Waals surface area contributed by atoms with Crippen molar-refractivity contribution in [1.82, 2.24) is 0 Å². The molecule has 1 aromatic carbocycles. The number of hydrogen-bond acceptors (Lipinski definition) is 2. The number of hydrogen-bond donors (Lipinski definition) is 0. The summed E-state index contributed by atoms with van der Waals surface area (Å²) in [5, 5.41) is 0. The summed E-state index contributed by atoms with van der Waals surface area (Å²) < 4.78 is 5.59. The van der Waals surface area contributed by atoms with Crippen LogP contribution >= 0.6 is 0 Å². The molecule has 0 bridgehead atoms. The van der Waals surface area contributed by atoms with E-state index in [1.165, 1.54) is 0 Å². The fraction of sp³-hybridized carbons (Fsp3) is 0.400. The summed E-state index contributed by atoms with van der Waals surface area (Å²) in [6, 6.07) is 7.99. The van der Waals surface area contributed by atoms with Crippen molar-refractivity contribution in [2.75, 3.05) is 0 Å². The fourth-order valence-electron chi connectivity index (χ4n) is 2.04. The topological polar surface area (TPSA) is 26.3 Å². The molecule has 0 aromatic heterocycles. The van der Waals surface area contributed by atoms with Crippen LogP contribution in [0, 0.1) is 0 Å². The molecule has 1 aromatic rings. The molecule has 2 rings (SSSR count). The summed E-state index contributed by atoms with van der Waals surface area (Å²) in [7, 11) is 0. The zero-order chi connectivity index (χ0) is 12.3. The van der Waals surface area contributed by atoms with E-state index in [9.17, 15) is 4.79 Å². The number of ketones is 1. The van der Waals surface area contributed by atoms with Crippen LogP contribution in [0.1, 0.15) is 38.7 Å². The highest BCUT2D eigenvalue weighted by molar-refractivity contribution is 5.98. The summed E-state index contributed by atoms with van der Waals surface area (Å²) in [6.45, 7) is 4.02. The van der Waals surface area contributed by atoms with Crippen LogP contribution in [0.25, 0.3) is 5.57 Å². The van der Waals surface area contributed by atoms with E-state index in [-0.39, 0.29) is 11.9 Å². The molecular weight excluding hydrogens is 212 g/mol. The van der Waals surface area contributed by atoms with Gasteiger partial charge in [-0.05, 0) is 56.0 Å². The van der Waals surface area contributed by atoms with Gasteiger partial charge in [0.05, 0.1) is 6.10 Å². The second kappa shape index (κ2) is 5.17. The maximum atomic E-state index is 11.4. The fourth-order valence-corrected chi connectivity index (χ4v) is 2.04. The van der Waals surface area contributed by atoms with Crippen LogP contribution in [0.5, 0.6) is 5.75 Å². The van der Waals surface area contributed by atoms with Crippen LogP contribution in [0.3, 0.4) is 0 Å². The van der Waals surface area contributed by atoms with Gasteiger partial charge < -0.3 is 4.74 Å². The average Bonchev–Trinajstić information content (AvgIpc) is 2.29. The highest BCUT2D eigenvalue weighted by Crippen LogP contribution is 2.26. The first-order valence-corrected chi connectivity index (χ1v) is 6.15. The highest BCUT2D eigenvalue weighted by Gasteiger charge is 2.11. The minimum absolute atomic E-state index is 0.191. The van der Waals surface area contributed by atoms with E-state index >= 15 is 0 Å². The minimum Gasteiger partial charge on any atom is -0.491 e.